The number of nitrogens with two attached hydrogens (primary N) is 1. The van der Waals surface area contributed by atoms with Crippen LogP contribution in [0.4, 0.5) is 0 Å². The number of rotatable bonds is 4. The van der Waals surface area contributed by atoms with Gasteiger partial charge in [-0.25, -0.2) is 0 Å². The van der Waals surface area contributed by atoms with Gasteiger partial charge in [-0.3, -0.25) is 4.90 Å². The van der Waals surface area contributed by atoms with E-state index in [2.05, 4.69) is 36.1 Å². The van der Waals surface area contributed by atoms with Crippen molar-refractivity contribution in [3.63, 3.8) is 0 Å². The minimum Gasteiger partial charge on any atom is -0.329 e. The Labute approximate surface area is 117 Å². The molecule has 0 spiro atoms. The average Bonchev–Trinajstić information content (AvgIpc) is 3.26. The average molecular weight is 258 g/mol. The highest BCUT2D eigenvalue weighted by Crippen LogP contribution is 2.40. The predicted molar refractivity (Wildman–Crippen MR) is 80.1 cm³/mol. The molecule has 1 aliphatic carbocycles. The molecule has 1 aromatic carbocycles. The predicted octanol–water partition coefficient (Wildman–Crippen LogP) is 3.27. The first-order valence-corrected chi connectivity index (χ1v) is 7.82. The van der Waals surface area contributed by atoms with Gasteiger partial charge in [0.2, 0.25) is 0 Å². The van der Waals surface area contributed by atoms with E-state index in [0.717, 1.165) is 19.0 Å². The summed E-state index contributed by atoms with van der Waals surface area (Å²) in [5.74, 6) is 0.851. The van der Waals surface area contributed by atoms with E-state index < -0.39 is 0 Å². The molecule has 0 radical (unpaired) electrons. The van der Waals surface area contributed by atoms with E-state index in [0.29, 0.717) is 12.1 Å². The van der Waals surface area contributed by atoms with Crippen molar-refractivity contribution in [3.05, 3.63) is 35.4 Å². The van der Waals surface area contributed by atoms with Crippen LogP contribution >= 0.6 is 0 Å². The second-order valence-corrected chi connectivity index (χ2v) is 6.36. The molecule has 2 N–H and O–H groups in total. The molecule has 1 aromatic rings. The van der Waals surface area contributed by atoms with Crippen molar-refractivity contribution in [2.24, 2.45) is 5.73 Å². The van der Waals surface area contributed by atoms with E-state index in [4.69, 9.17) is 5.73 Å². The number of benzene rings is 1. The van der Waals surface area contributed by atoms with Gasteiger partial charge in [0.05, 0.1) is 0 Å². The van der Waals surface area contributed by atoms with E-state index >= 15 is 0 Å². The van der Waals surface area contributed by atoms with Gasteiger partial charge in [0.25, 0.3) is 0 Å². The maximum absolute atomic E-state index is 5.96. The Balaban J connectivity index is 1.73. The lowest BCUT2D eigenvalue weighted by atomic mass is 9.95. The van der Waals surface area contributed by atoms with Crippen LogP contribution in [-0.2, 0) is 6.54 Å². The van der Waals surface area contributed by atoms with E-state index in [1.165, 1.54) is 37.7 Å². The molecule has 104 valence electrons. The van der Waals surface area contributed by atoms with Crippen molar-refractivity contribution in [2.45, 2.75) is 63.6 Å². The molecule has 19 heavy (non-hydrogen) atoms. The Kier molecular flexibility index (Phi) is 3.90. The van der Waals surface area contributed by atoms with Crippen molar-refractivity contribution < 1.29 is 0 Å². The SMILES string of the molecule is CC1CCCC(CN)N1Cc1cccc(C2CC2)c1. The summed E-state index contributed by atoms with van der Waals surface area (Å²) < 4.78 is 0. The lowest BCUT2D eigenvalue weighted by molar-refractivity contribution is 0.0892. The van der Waals surface area contributed by atoms with Crippen LogP contribution in [0, 0.1) is 0 Å². The van der Waals surface area contributed by atoms with Crippen LogP contribution in [-0.4, -0.2) is 23.5 Å². The molecular weight excluding hydrogens is 232 g/mol. The summed E-state index contributed by atoms with van der Waals surface area (Å²) >= 11 is 0. The zero-order chi connectivity index (χ0) is 13.2. The summed E-state index contributed by atoms with van der Waals surface area (Å²) in [6, 6.07) is 10.5. The Morgan fingerprint density at radius 2 is 2.05 bits per heavy atom. The fourth-order valence-corrected chi connectivity index (χ4v) is 3.45. The molecule has 3 rings (SSSR count). The minimum atomic E-state index is 0.577. The molecule has 1 aliphatic heterocycles. The maximum Gasteiger partial charge on any atom is 0.0240 e. The van der Waals surface area contributed by atoms with E-state index in [-0.39, 0.29) is 0 Å². The zero-order valence-corrected chi connectivity index (χ0v) is 12.0. The topological polar surface area (TPSA) is 29.3 Å². The van der Waals surface area contributed by atoms with Crippen molar-refractivity contribution >= 4 is 0 Å². The molecule has 0 bridgehead atoms. The van der Waals surface area contributed by atoms with Crippen LogP contribution < -0.4 is 5.73 Å². The van der Waals surface area contributed by atoms with Gasteiger partial charge in [0, 0.05) is 25.2 Å². The molecule has 2 aliphatic rings. The van der Waals surface area contributed by atoms with Crippen LogP contribution in [0.5, 0.6) is 0 Å². The molecule has 2 heteroatoms. The second-order valence-electron chi connectivity index (χ2n) is 6.36. The maximum atomic E-state index is 5.96. The van der Waals surface area contributed by atoms with Crippen molar-refractivity contribution in [2.75, 3.05) is 6.54 Å². The zero-order valence-electron chi connectivity index (χ0n) is 12.0. The molecule has 0 aromatic heterocycles. The van der Waals surface area contributed by atoms with Crippen molar-refractivity contribution in [1.29, 1.82) is 0 Å². The molecule has 1 heterocycles. The summed E-state index contributed by atoms with van der Waals surface area (Å²) in [7, 11) is 0. The molecule has 1 saturated heterocycles. The first kappa shape index (κ1) is 13.1. The molecular formula is C17H26N2. The van der Waals surface area contributed by atoms with Crippen LogP contribution in [0.25, 0.3) is 0 Å². The van der Waals surface area contributed by atoms with Crippen LogP contribution in [0.2, 0.25) is 0 Å². The second kappa shape index (κ2) is 5.64. The summed E-state index contributed by atoms with van der Waals surface area (Å²) in [6.07, 6.45) is 6.69. The number of hydrogen-bond donors (Lipinski definition) is 1. The standard InChI is InChI=1S/C17H26N2/c1-13-4-2-7-17(11-18)19(13)12-14-5-3-6-16(10-14)15-8-9-15/h3,5-6,10,13,15,17H,2,4,7-9,11-12,18H2,1H3. The van der Waals surface area contributed by atoms with Gasteiger partial charge in [-0.2, -0.15) is 0 Å². The van der Waals surface area contributed by atoms with E-state index in [9.17, 15) is 0 Å². The van der Waals surface area contributed by atoms with Crippen LogP contribution in [0.1, 0.15) is 56.1 Å². The Bertz CT molecular complexity index is 425. The Morgan fingerprint density at radius 1 is 1.21 bits per heavy atom. The highest BCUT2D eigenvalue weighted by Gasteiger charge is 2.27. The normalized spacial score (nSPS) is 28.5. The largest absolute Gasteiger partial charge is 0.329 e. The first-order valence-electron chi connectivity index (χ1n) is 7.82. The minimum absolute atomic E-state index is 0.577. The number of nitrogens with zero attached hydrogens (tertiary/aromatic N) is 1. The van der Waals surface area contributed by atoms with Gasteiger partial charge in [-0.15, -0.1) is 0 Å². The van der Waals surface area contributed by atoms with Crippen LogP contribution in [0.15, 0.2) is 24.3 Å². The summed E-state index contributed by atoms with van der Waals surface area (Å²) in [6.45, 7) is 4.23. The number of piperidine rings is 1. The first-order chi connectivity index (χ1) is 9.28. The highest BCUT2D eigenvalue weighted by atomic mass is 15.2. The third-order valence-electron chi connectivity index (χ3n) is 4.83. The molecule has 2 atom stereocenters. The summed E-state index contributed by atoms with van der Waals surface area (Å²) in [5, 5.41) is 0. The van der Waals surface area contributed by atoms with Gasteiger partial charge in [-0.05, 0) is 49.7 Å². The Hall–Kier alpha value is -0.860. The van der Waals surface area contributed by atoms with Gasteiger partial charge in [-0.1, -0.05) is 30.7 Å². The third-order valence-corrected chi connectivity index (χ3v) is 4.83. The molecule has 2 fully saturated rings. The smallest absolute Gasteiger partial charge is 0.0240 e. The van der Waals surface area contributed by atoms with E-state index in [1.54, 1.807) is 5.56 Å². The number of hydrogen-bond acceptors (Lipinski definition) is 2. The lowest BCUT2D eigenvalue weighted by Gasteiger charge is -2.40. The summed E-state index contributed by atoms with van der Waals surface area (Å²) in [4.78, 5) is 2.62. The van der Waals surface area contributed by atoms with Crippen molar-refractivity contribution in [3.8, 4) is 0 Å². The third kappa shape index (κ3) is 3.01. The monoisotopic (exact) mass is 258 g/mol. The molecule has 1 saturated carbocycles. The fourth-order valence-electron chi connectivity index (χ4n) is 3.45. The van der Waals surface area contributed by atoms with Gasteiger partial charge in [0.1, 0.15) is 0 Å². The Morgan fingerprint density at radius 3 is 2.79 bits per heavy atom. The van der Waals surface area contributed by atoms with E-state index in [1.807, 2.05) is 0 Å². The molecule has 0 amide bonds. The number of likely N-dealkylation sites (tertiary alicyclic amines) is 1. The van der Waals surface area contributed by atoms with Gasteiger partial charge in [0.15, 0.2) is 0 Å². The molecule has 2 unspecified atom stereocenters. The fraction of sp³-hybridized carbons (Fsp3) is 0.647. The van der Waals surface area contributed by atoms with Gasteiger partial charge < -0.3 is 5.73 Å². The highest BCUT2D eigenvalue weighted by molar-refractivity contribution is 5.29. The van der Waals surface area contributed by atoms with Crippen LogP contribution in [0.3, 0.4) is 0 Å². The van der Waals surface area contributed by atoms with Crippen molar-refractivity contribution in [1.82, 2.24) is 4.90 Å². The molecule has 2 nitrogen and oxygen atoms in total. The summed E-state index contributed by atoms with van der Waals surface area (Å²) in [5.41, 5.74) is 8.97. The van der Waals surface area contributed by atoms with Gasteiger partial charge >= 0.3 is 0 Å². The lowest BCUT2D eigenvalue weighted by Crippen LogP contribution is -2.48. The quantitative estimate of drug-likeness (QED) is 0.898.